The van der Waals surface area contributed by atoms with Gasteiger partial charge in [-0.2, -0.15) is 0 Å². The zero-order chi connectivity index (χ0) is 11.2. The summed E-state index contributed by atoms with van der Waals surface area (Å²) in [7, 11) is 0. The largest absolute Gasteiger partial charge is 0.492 e. The number of allylic oxidation sites excluding steroid dienone is 2. The van der Waals surface area contributed by atoms with Gasteiger partial charge in [-0.05, 0) is 57.9 Å². The summed E-state index contributed by atoms with van der Waals surface area (Å²) in [6, 6.07) is 0. The average Bonchev–Trinajstić information content (AvgIpc) is 2.13. The van der Waals surface area contributed by atoms with Gasteiger partial charge in [-0.15, -0.1) is 0 Å². The molecule has 1 heterocycles. The SMILES string of the molecule is CC1=C(C)[C@H]2C[C@@H](C)CCC2C(C)(C)O1. The summed E-state index contributed by atoms with van der Waals surface area (Å²) in [5.74, 6) is 3.58. The van der Waals surface area contributed by atoms with E-state index in [-0.39, 0.29) is 5.60 Å². The van der Waals surface area contributed by atoms with Gasteiger partial charge >= 0.3 is 0 Å². The number of fused-ring (bicyclic) bond motifs is 1. The number of hydrogen-bond acceptors (Lipinski definition) is 1. The van der Waals surface area contributed by atoms with Crippen LogP contribution in [0.2, 0.25) is 0 Å². The van der Waals surface area contributed by atoms with Crippen molar-refractivity contribution in [1.29, 1.82) is 0 Å². The Morgan fingerprint density at radius 3 is 2.53 bits per heavy atom. The van der Waals surface area contributed by atoms with Gasteiger partial charge in [0, 0.05) is 5.92 Å². The first-order valence-corrected chi connectivity index (χ1v) is 6.28. The van der Waals surface area contributed by atoms with Crippen LogP contribution in [0.1, 0.15) is 53.9 Å². The number of hydrogen-bond donors (Lipinski definition) is 0. The second kappa shape index (κ2) is 3.54. The van der Waals surface area contributed by atoms with E-state index in [9.17, 15) is 0 Å². The van der Waals surface area contributed by atoms with Crippen LogP contribution < -0.4 is 0 Å². The molecule has 0 amide bonds. The molecule has 1 fully saturated rings. The van der Waals surface area contributed by atoms with Crippen molar-refractivity contribution in [2.24, 2.45) is 17.8 Å². The van der Waals surface area contributed by atoms with Gasteiger partial charge in [0.05, 0.1) is 5.76 Å². The lowest BCUT2D eigenvalue weighted by molar-refractivity contribution is -0.0725. The van der Waals surface area contributed by atoms with E-state index in [1.807, 2.05) is 0 Å². The van der Waals surface area contributed by atoms with Crippen LogP contribution in [0.4, 0.5) is 0 Å². The van der Waals surface area contributed by atoms with Crippen LogP contribution in [0.5, 0.6) is 0 Å². The van der Waals surface area contributed by atoms with Crippen molar-refractivity contribution in [3.8, 4) is 0 Å². The summed E-state index contributed by atoms with van der Waals surface area (Å²) in [4.78, 5) is 0. The van der Waals surface area contributed by atoms with Crippen molar-refractivity contribution < 1.29 is 4.74 Å². The lowest BCUT2D eigenvalue weighted by Gasteiger charge is -2.48. The fraction of sp³-hybridized carbons (Fsp3) is 0.857. The monoisotopic (exact) mass is 208 g/mol. The summed E-state index contributed by atoms with van der Waals surface area (Å²) < 4.78 is 6.07. The molecule has 1 unspecified atom stereocenters. The minimum absolute atomic E-state index is 0.0500. The van der Waals surface area contributed by atoms with Crippen molar-refractivity contribution in [2.45, 2.75) is 59.5 Å². The van der Waals surface area contributed by atoms with E-state index in [1.54, 1.807) is 0 Å². The molecular weight excluding hydrogens is 184 g/mol. The molecule has 0 aromatic heterocycles. The minimum Gasteiger partial charge on any atom is -0.492 e. The van der Waals surface area contributed by atoms with Crippen LogP contribution in [0.3, 0.4) is 0 Å². The van der Waals surface area contributed by atoms with Crippen LogP contribution in [0.25, 0.3) is 0 Å². The van der Waals surface area contributed by atoms with Gasteiger partial charge in [-0.1, -0.05) is 13.3 Å². The lowest BCUT2D eigenvalue weighted by Crippen LogP contribution is -2.45. The molecule has 2 aliphatic rings. The molecule has 3 atom stereocenters. The Kier molecular flexibility index (Phi) is 2.60. The van der Waals surface area contributed by atoms with Gasteiger partial charge in [0.1, 0.15) is 5.60 Å². The standard InChI is InChI=1S/C14H24O/c1-9-6-7-13-12(8-9)10(2)11(3)15-14(13,4)5/h9,12-13H,6-8H2,1-5H3/t9-,12+,13?/m0/s1. The highest BCUT2D eigenvalue weighted by molar-refractivity contribution is 5.17. The minimum atomic E-state index is 0.0500. The van der Waals surface area contributed by atoms with Crippen LogP contribution in [0.15, 0.2) is 11.3 Å². The molecule has 1 heteroatoms. The first-order valence-electron chi connectivity index (χ1n) is 6.28. The smallest absolute Gasteiger partial charge is 0.106 e. The first-order chi connectivity index (χ1) is 6.92. The van der Waals surface area contributed by atoms with Gasteiger partial charge in [-0.3, -0.25) is 0 Å². The third kappa shape index (κ3) is 1.81. The van der Waals surface area contributed by atoms with Crippen molar-refractivity contribution in [3.05, 3.63) is 11.3 Å². The third-order valence-electron chi connectivity index (χ3n) is 4.53. The highest BCUT2D eigenvalue weighted by Crippen LogP contribution is 2.48. The van der Waals surface area contributed by atoms with Gasteiger partial charge in [0.2, 0.25) is 0 Å². The highest BCUT2D eigenvalue weighted by Gasteiger charge is 2.44. The van der Waals surface area contributed by atoms with E-state index in [4.69, 9.17) is 4.74 Å². The Balaban J connectivity index is 2.31. The maximum absolute atomic E-state index is 6.07. The quantitative estimate of drug-likeness (QED) is 0.581. The zero-order valence-corrected chi connectivity index (χ0v) is 10.8. The molecule has 0 saturated heterocycles. The molecular formula is C14H24O. The first kappa shape index (κ1) is 11.0. The third-order valence-corrected chi connectivity index (χ3v) is 4.53. The summed E-state index contributed by atoms with van der Waals surface area (Å²) >= 11 is 0. The molecule has 0 spiro atoms. The number of rotatable bonds is 0. The Morgan fingerprint density at radius 1 is 1.20 bits per heavy atom. The molecule has 1 saturated carbocycles. The average molecular weight is 208 g/mol. The fourth-order valence-electron chi connectivity index (χ4n) is 3.50. The molecule has 0 aromatic rings. The molecule has 0 aromatic carbocycles. The topological polar surface area (TPSA) is 9.23 Å². The fourth-order valence-corrected chi connectivity index (χ4v) is 3.50. The normalized spacial score (nSPS) is 39.7. The Hall–Kier alpha value is -0.460. The second-order valence-electron chi connectivity index (χ2n) is 6.08. The maximum Gasteiger partial charge on any atom is 0.106 e. The van der Waals surface area contributed by atoms with Crippen molar-refractivity contribution in [1.82, 2.24) is 0 Å². The predicted molar refractivity (Wildman–Crippen MR) is 63.5 cm³/mol. The predicted octanol–water partition coefficient (Wildman–Crippen LogP) is 4.14. The molecule has 0 radical (unpaired) electrons. The number of ether oxygens (including phenoxy) is 1. The van der Waals surface area contributed by atoms with E-state index >= 15 is 0 Å². The van der Waals surface area contributed by atoms with Crippen molar-refractivity contribution in [3.63, 3.8) is 0 Å². The van der Waals surface area contributed by atoms with Crippen molar-refractivity contribution >= 4 is 0 Å². The van der Waals surface area contributed by atoms with E-state index in [0.717, 1.165) is 17.8 Å². The van der Waals surface area contributed by atoms with Gasteiger partial charge in [0.25, 0.3) is 0 Å². The summed E-state index contributed by atoms with van der Waals surface area (Å²) in [6.07, 6.45) is 4.07. The molecule has 0 N–H and O–H groups in total. The van der Waals surface area contributed by atoms with Gasteiger partial charge in [-0.25, -0.2) is 0 Å². The summed E-state index contributed by atoms with van der Waals surface area (Å²) in [5, 5.41) is 0. The molecule has 1 aliphatic heterocycles. The Morgan fingerprint density at radius 2 is 1.87 bits per heavy atom. The van der Waals surface area contributed by atoms with E-state index in [1.165, 1.54) is 30.6 Å². The highest BCUT2D eigenvalue weighted by atomic mass is 16.5. The van der Waals surface area contributed by atoms with Crippen LogP contribution in [-0.2, 0) is 4.74 Å². The van der Waals surface area contributed by atoms with Crippen LogP contribution in [0, 0.1) is 17.8 Å². The zero-order valence-electron chi connectivity index (χ0n) is 10.8. The Bertz CT molecular complexity index is 288. The van der Waals surface area contributed by atoms with Crippen LogP contribution in [-0.4, -0.2) is 5.60 Å². The molecule has 2 rings (SSSR count). The Labute approximate surface area is 93.9 Å². The van der Waals surface area contributed by atoms with Crippen LogP contribution >= 0.6 is 0 Å². The summed E-state index contributed by atoms with van der Waals surface area (Å²) in [6.45, 7) is 11.3. The maximum atomic E-state index is 6.07. The second-order valence-corrected chi connectivity index (χ2v) is 6.08. The van der Waals surface area contributed by atoms with Crippen molar-refractivity contribution in [2.75, 3.05) is 0 Å². The molecule has 86 valence electrons. The lowest BCUT2D eigenvalue weighted by atomic mass is 9.64. The summed E-state index contributed by atoms with van der Waals surface area (Å²) in [5.41, 5.74) is 1.56. The molecule has 0 bridgehead atoms. The molecule has 15 heavy (non-hydrogen) atoms. The van der Waals surface area contributed by atoms with Gasteiger partial charge < -0.3 is 4.74 Å². The van der Waals surface area contributed by atoms with E-state index in [0.29, 0.717) is 0 Å². The van der Waals surface area contributed by atoms with E-state index < -0.39 is 0 Å². The van der Waals surface area contributed by atoms with Gasteiger partial charge in [0.15, 0.2) is 0 Å². The molecule has 1 nitrogen and oxygen atoms in total. The molecule has 1 aliphatic carbocycles. The van der Waals surface area contributed by atoms with E-state index in [2.05, 4.69) is 34.6 Å².